The van der Waals surface area contributed by atoms with E-state index in [1.165, 1.54) is 21.3 Å². The standard InChI is InChI=1S/C24H29N3O6S/c1-4-26(5-2)34(30,31)20-9-7-19(8-10-20)27-14-18(13-23(27)28)24(29)25-16(3)17-6-11-21-22(12-17)33-15-32-21/h6-12,16,18H,4-5,13-15H2,1-3H3,(H,25,29). The van der Waals surface area contributed by atoms with Crippen molar-refractivity contribution < 1.29 is 27.5 Å². The van der Waals surface area contributed by atoms with Gasteiger partial charge in [-0.15, -0.1) is 0 Å². The van der Waals surface area contributed by atoms with E-state index >= 15 is 0 Å². The number of benzene rings is 2. The molecule has 10 heteroatoms. The van der Waals surface area contributed by atoms with Crippen LogP contribution < -0.4 is 19.7 Å². The van der Waals surface area contributed by atoms with E-state index in [-0.39, 0.29) is 42.5 Å². The van der Waals surface area contributed by atoms with Gasteiger partial charge < -0.3 is 19.7 Å². The van der Waals surface area contributed by atoms with Gasteiger partial charge in [-0.3, -0.25) is 9.59 Å². The van der Waals surface area contributed by atoms with Gasteiger partial charge in [0.2, 0.25) is 28.6 Å². The molecule has 0 aromatic heterocycles. The fourth-order valence-electron chi connectivity index (χ4n) is 4.24. The monoisotopic (exact) mass is 487 g/mol. The van der Waals surface area contributed by atoms with E-state index in [0.29, 0.717) is 30.3 Å². The number of anilines is 1. The first-order chi connectivity index (χ1) is 16.2. The smallest absolute Gasteiger partial charge is 0.243 e. The highest BCUT2D eigenvalue weighted by Crippen LogP contribution is 2.34. The molecule has 182 valence electrons. The second-order valence-electron chi connectivity index (χ2n) is 8.33. The van der Waals surface area contributed by atoms with E-state index in [2.05, 4.69) is 5.32 Å². The van der Waals surface area contributed by atoms with Gasteiger partial charge in [0.1, 0.15) is 0 Å². The molecule has 0 radical (unpaired) electrons. The summed E-state index contributed by atoms with van der Waals surface area (Å²) in [6.45, 7) is 6.63. The third-order valence-electron chi connectivity index (χ3n) is 6.24. The van der Waals surface area contributed by atoms with Crippen LogP contribution in [0.4, 0.5) is 5.69 Å². The Hall–Kier alpha value is -3.11. The molecule has 2 aliphatic rings. The number of rotatable bonds is 8. The lowest BCUT2D eigenvalue weighted by Crippen LogP contribution is -2.34. The molecule has 0 spiro atoms. The molecular formula is C24H29N3O6S. The van der Waals surface area contributed by atoms with Gasteiger partial charge in [-0.25, -0.2) is 8.42 Å². The van der Waals surface area contributed by atoms with E-state index in [0.717, 1.165) is 5.56 Å². The maximum absolute atomic E-state index is 12.9. The number of nitrogens with zero attached hydrogens (tertiary/aromatic N) is 2. The molecule has 4 rings (SSSR count). The Morgan fingerprint density at radius 3 is 2.47 bits per heavy atom. The van der Waals surface area contributed by atoms with E-state index in [4.69, 9.17) is 9.47 Å². The van der Waals surface area contributed by atoms with Crippen molar-refractivity contribution in [1.82, 2.24) is 9.62 Å². The molecule has 0 bridgehead atoms. The van der Waals surface area contributed by atoms with Crippen LogP contribution in [0.5, 0.6) is 11.5 Å². The molecule has 2 aromatic rings. The third-order valence-corrected chi connectivity index (χ3v) is 8.31. The van der Waals surface area contributed by atoms with Gasteiger partial charge >= 0.3 is 0 Å². The second-order valence-corrected chi connectivity index (χ2v) is 10.3. The van der Waals surface area contributed by atoms with E-state index < -0.39 is 15.9 Å². The maximum atomic E-state index is 12.9. The molecule has 1 fully saturated rings. The Labute approximate surface area is 199 Å². The number of hydrogen-bond donors (Lipinski definition) is 1. The highest BCUT2D eigenvalue weighted by atomic mass is 32.2. The van der Waals surface area contributed by atoms with Crippen molar-refractivity contribution in [2.75, 3.05) is 31.3 Å². The number of carbonyl (C=O) groups excluding carboxylic acids is 2. The van der Waals surface area contributed by atoms with Crippen LogP contribution in [-0.2, 0) is 19.6 Å². The normalized spacial score (nSPS) is 18.4. The van der Waals surface area contributed by atoms with Gasteiger partial charge in [-0.05, 0) is 48.9 Å². The first kappa shape index (κ1) is 24.0. The highest BCUT2D eigenvalue weighted by Gasteiger charge is 2.36. The van der Waals surface area contributed by atoms with Crippen LogP contribution in [0, 0.1) is 5.92 Å². The Balaban J connectivity index is 1.41. The summed E-state index contributed by atoms with van der Waals surface area (Å²) in [6, 6.07) is 11.5. The minimum absolute atomic E-state index is 0.0964. The summed E-state index contributed by atoms with van der Waals surface area (Å²) in [5.41, 5.74) is 1.45. The molecule has 1 saturated heterocycles. The zero-order valence-electron chi connectivity index (χ0n) is 19.5. The quantitative estimate of drug-likeness (QED) is 0.614. The predicted molar refractivity (Wildman–Crippen MR) is 126 cm³/mol. The van der Waals surface area contributed by atoms with Crippen LogP contribution in [0.3, 0.4) is 0 Å². The fourth-order valence-corrected chi connectivity index (χ4v) is 5.70. The van der Waals surface area contributed by atoms with Crippen LogP contribution in [0.1, 0.15) is 38.8 Å². The molecule has 2 unspecified atom stereocenters. The molecule has 2 heterocycles. The maximum Gasteiger partial charge on any atom is 0.243 e. The highest BCUT2D eigenvalue weighted by molar-refractivity contribution is 7.89. The van der Waals surface area contributed by atoms with Crippen molar-refractivity contribution in [3.63, 3.8) is 0 Å². The minimum atomic E-state index is -3.57. The third kappa shape index (κ3) is 4.60. The molecule has 1 N–H and O–H groups in total. The second kappa shape index (κ2) is 9.63. The number of amides is 2. The van der Waals surface area contributed by atoms with Crippen molar-refractivity contribution in [1.29, 1.82) is 0 Å². The van der Waals surface area contributed by atoms with Crippen LogP contribution >= 0.6 is 0 Å². The lowest BCUT2D eigenvalue weighted by atomic mass is 10.0. The predicted octanol–water partition coefficient (Wildman–Crippen LogP) is 2.68. The van der Waals surface area contributed by atoms with Crippen LogP contribution in [0.25, 0.3) is 0 Å². The Morgan fingerprint density at radius 2 is 1.79 bits per heavy atom. The van der Waals surface area contributed by atoms with Crippen molar-refractivity contribution in [3.8, 4) is 11.5 Å². The summed E-state index contributed by atoms with van der Waals surface area (Å²) in [6.07, 6.45) is 0.0964. The summed E-state index contributed by atoms with van der Waals surface area (Å²) in [5, 5.41) is 2.98. The van der Waals surface area contributed by atoms with Gasteiger partial charge in [0, 0.05) is 31.7 Å². The first-order valence-corrected chi connectivity index (χ1v) is 12.8. The number of hydrogen-bond acceptors (Lipinski definition) is 6. The molecule has 34 heavy (non-hydrogen) atoms. The van der Waals surface area contributed by atoms with Crippen LogP contribution in [-0.4, -0.2) is 51.0 Å². The molecule has 2 atom stereocenters. The number of carbonyl (C=O) groups is 2. The van der Waals surface area contributed by atoms with Crippen molar-refractivity contribution in [2.45, 2.75) is 38.1 Å². The molecular weight excluding hydrogens is 458 g/mol. The van der Waals surface area contributed by atoms with E-state index in [9.17, 15) is 18.0 Å². The fraction of sp³-hybridized carbons (Fsp3) is 0.417. The lowest BCUT2D eigenvalue weighted by molar-refractivity contribution is -0.126. The first-order valence-electron chi connectivity index (χ1n) is 11.3. The molecule has 2 aromatic carbocycles. The van der Waals surface area contributed by atoms with Gasteiger partial charge in [0.15, 0.2) is 11.5 Å². The van der Waals surface area contributed by atoms with Crippen LogP contribution in [0.2, 0.25) is 0 Å². The zero-order chi connectivity index (χ0) is 24.5. The number of ether oxygens (including phenoxy) is 2. The largest absolute Gasteiger partial charge is 0.454 e. The summed E-state index contributed by atoms with van der Waals surface area (Å²) in [4.78, 5) is 27.2. The van der Waals surface area contributed by atoms with Gasteiger partial charge in [0.05, 0.1) is 16.9 Å². The van der Waals surface area contributed by atoms with Crippen molar-refractivity contribution in [2.24, 2.45) is 5.92 Å². The summed E-state index contributed by atoms with van der Waals surface area (Å²) in [7, 11) is -3.57. The van der Waals surface area contributed by atoms with Gasteiger partial charge in [-0.2, -0.15) is 4.31 Å². The Kier molecular flexibility index (Phi) is 6.81. The summed E-state index contributed by atoms with van der Waals surface area (Å²) in [5.74, 6) is 0.447. The average Bonchev–Trinajstić information content (AvgIpc) is 3.45. The summed E-state index contributed by atoms with van der Waals surface area (Å²) < 4.78 is 37.5. The van der Waals surface area contributed by atoms with Crippen molar-refractivity contribution in [3.05, 3.63) is 48.0 Å². The topological polar surface area (TPSA) is 105 Å². The Morgan fingerprint density at radius 1 is 1.12 bits per heavy atom. The minimum Gasteiger partial charge on any atom is -0.454 e. The Bertz CT molecular complexity index is 1180. The van der Waals surface area contributed by atoms with Gasteiger partial charge in [0.25, 0.3) is 0 Å². The molecule has 0 saturated carbocycles. The molecule has 2 amide bonds. The average molecular weight is 488 g/mol. The lowest BCUT2D eigenvalue weighted by Gasteiger charge is -2.21. The molecule has 0 aliphatic carbocycles. The van der Waals surface area contributed by atoms with Crippen LogP contribution in [0.15, 0.2) is 47.4 Å². The number of nitrogens with one attached hydrogen (secondary N) is 1. The molecule has 2 aliphatic heterocycles. The van der Waals surface area contributed by atoms with Crippen molar-refractivity contribution >= 4 is 27.5 Å². The number of sulfonamides is 1. The SMILES string of the molecule is CCN(CC)S(=O)(=O)c1ccc(N2CC(C(=O)NC(C)c3ccc4c(c3)OCO4)CC2=O)cc1. The number of fused-ring (bicyclic) bond motifs is 1. The zero-order valence-corrected chi connectivity index (χ0v) is 20.3. The summed E-state index contributed by atoms with van der Waals surface area (Å²) >= 11 is 0. The van der Waals surface area contributed by atoms with E-state index in [1.54, 1.807) is 26.0 Å². The molecule has 9 nitrogen and oxygen atoms in total. The van der Waals surface area contributed by atoms with E-state index in [1.807, 2.05) is 25.1 Å². The van der Waals surface area contributed by atoms with Gasteiger partial charge in [-0.1, -0.05) is 19.9 Å².